The van der Waals surface area contributed by atoms with Gasteiger partial charge in [0.1, 0.15) is 10.7 Å². The average Bonchev–Trinajstić information content (AvgIpc) is 2.16. The highest BCUT2D eigenvalue weighted by molar-refractivity contribution is 9.10. The average molecular weight is 302 g/mol. The van der Waals surface area contributed by atoms with E-state index in [1.807, 2.05) is 18.2 Å². The third-order valence-electron chi connectivity index (χ3n) is 2.47. The summed E-state index contributed by atoms with van der Waals surface area (Å²) < 4.78 is 6.65. The second-order valence-electron chi connectivity index (χ2n) is 4.07. The molecule has 0 saturated heterocycles. The second-order valence-corrected chi connectivity index (χ2v) is 5.37. The molecule has 0 heterocycles. The first-order valence-electron chi connectivity index (χ1n) is 5.18. The van der Waals surface area contributed by atoms with Crippen molar-refractivity contribution in [1.82, 2.24) is 0 Å². The minimum absolute atomic E-state index is 0.183. The molecule has 88 valence electrons. The van der Waals surface area contributed by atoms with E-state index in [0.29, 0.717) is 10.9 Å². The predicted molar refractivity (Wildman–Crippen MR) is 75.0 cm³/mol. The minimum atomic E-state index is 0.183. The number of hydrogen-bond acceptors (Lipinski definition) is 2. The monoisotopic (exact) mass is 301 g/mol. The third kappa shape index (κ3) is 3.46. The Bertz CT molecular complexity index is 393. The van der Waals surface area contributed by atoms with E-state index in [1.54, 1.807) is 0 Å². The molecule has 0 amide bonds. The summed E-state index contributed by atoms with van der Waals surface area (Å²) >= 11 is 8.36. The van der Waals surface area contributed by atoms with Gasteiger partial charge in [0.05, 0.1) is 6.10 Å². The normalized spacial score (nSPS) is 12.6. The van der Waals surface area contributed by atoms with E-state index in [4.69, 9.17) is 22.7 Å². The maximum absolute atomic E-state index is 5.78. The third-order valence-corrected chi connectivity index (χ3v) is 3.34. The summed E-state index contributed by atoms with van der Waals surface area (Å²) in [6, 6.07) is 5.65. The Morgan fingerprint density at radius 3 is 2.44 bits per heavy atom. The van der Waals surface area contributed by atoms with Crippen molar-refractivity contribution in [2.75, 3.05) is 0 Å². The molecule has 1 rings (SSSR count). The number of ether oxygens (including phenoxy) is 1. The van der Waals surface area contributed by atoms with Gasteiger partial charge in [0.25, 0.3) is 0 Å². The van der Waals surface area contributed by atoms with Crippen molar-refractivity contribution in [3.8, 4) is 5.75 Å². The van der Waals surface area contributed by atoms with Gasteiger partial charge in [0.2, 0.25) is 0 Å². The summed E-state index contributed by atoms with van der Waals surface area (Å²) in [5, 5.41) is 0. The zero-order valence-electron chi connectivity index (χ0n) is 9.66. The number of benzene rings is 1. The standard InChI is InChI=1S/C12H16BrNOS/c1-7(2)8(3)15-9-4-5-10(12(14)16)11(13)6-9/h4-8H,1-3H3,(H2,14,16). The molecule has 0 aliphatic carbocycles. The summed E-state index contributed by atoms with van der Waals surface area (Å²) in [6.45, 7) is 6.31. The Kier molecular flexibility index (Phi) is 4.74. The highest BCUT2D eigenvalue weighted by atomic mass is 79.9. The van der Waals surface area contributed by atoms with Gasteiger partial charge in [0.15, 0.2) is 0 Å². The topological polar surface area (TPSA) is 35.2 Å². The lowest BCUT2D eigenvalue weighted by Crippen LogP contribution is -2.18. The fourth-order valence-corrected chi connectivity index (χ4v) is 2.00. The van der Waals surface area contributed by atoms with Crippen molar-refractivity contribution in [3.63, 3.8) is 0 Å². The molecule has 0 fully saturated rings. The van der Waals surface area contributed by atoms with Crippen LogP contribution in [0.1, 0.15) is 26.3 Å². The van der Waals surface area contributed by atoms with Gasteiger partial charge in [0, 0.05) is 10.0 Å². The molecule has 0 saturated carbocycles. The van der Waals surface area contributed by atoms with Crippen LogP contribution in [0.2, 0.25) is 0 Å². The molecule has 2 nitrogen and oxygen atoms in total. The van der Waals surface area contributed by atoms with E-state index in [0.717, 1.165) is 15.8 Å². The van der Waals surface area contributed by atoms with E-state index in [2.05, 4.69) is 36.7 Å². The van der Waals surface area contributed by atoms with Gasteiger partial charge in [-0.05, 0) is 47.0 Å². The van der Waals surface area contributed by atoms with Gasteiger partial charge in [-0.15, -0.1) is 0 Å². The highest BCUT2D eigenvalue weighted by Gasteiger charge is 2.10. The summed E-state index contributed by atoms with van der Waals surface area (Å²) in [6.07, 6.45) is 0.183. The second kappa shape index (κ2) is 5.64. The fraction of sp³-hybridized carbons (Fsp3) is 0.417. The lowest BCUT2D eigenvalue weighted by atomic mass is 10.1. The molecule has 0 aromatic heterocycles. The Labute approximate surface area is 110 Å². The first-order valence-corrected chi connectivity index (χ1v) is 6.38. The molecule has 1 aromatic rings. The smallest absolute Gasteiger partial charge is 0.120 e. The molecule has 0 bridgehead atoms. The molecule has 16 heavy (non-hydrogen) atoms. The quantitative estimate of drug-likeness (QED) is 0.865. The zero-order valence-corrected chi connectivity index (χ0v) is 12.1. The van der Waals surface area contributed by atoms with Gasteiger partial charge in [-0.2, -0.15) is 0 Å². The molecule has 1 atom stereocenters. The van der Waals surface area contributed by atoms with Gasteiger partial charge in [-0.1, -0.05) is 26.1 Å². The maximum atomic E-state index is 5.78. The summed E-state index contributed by atoms with van der Waals surface area (Å²) in [7, 11) is 0. The number of rotatable bonds is 4. The van der Waals surface area contributed by atoms with Crippen molar-refractivity contribution in [2.45, 2.75) is 26.9 Å². The van der Waals surface area contributed by atoms with Crippen LogP contribution in [-0.4, -0.2) is 11.1 Å². The van der Waals surface area contributed by atoms with Gasteiger partial charge in [-0.25, -0.2) is 0 Å². The van der Waals surface area contributed by atoms with Crippen molar-refractivity contribution < 1.29 is 4.74 Å². The molecular formula is C12H16BrNOS. The Balaban J connectivity index is 2.85. The van der Waals surface area contributed by atoms with Crippen molar-refractivity contribution in [2.24, 2.45) is 11.7 Å². The number of nitrogens with two attached hydrogens (primary N) is 1. The molecule has 0 spiro atoms. The fourth-order valence-electron chi connectivity index (χ4n) is 1.12. The van der Waals surface area contributed by atoms with Crippen LogP contribution >= 0.6 is 28.1 Å². The predicted octanol–water partition coefficient (Wildman–Crippen LogP) is 3.51. The Morgan fingerprint density at radius 2 is 2.00 bits per heavy atom. The zero-order chi connectivity index (χ0) is 12.3. The molecule has 4 heteroatoms. The highest BCUT2D eigenvalue weighted by Crippen LogP contribution is 2.24. The van der Waals surface area contributed by atoms with Crippen LogP contribution < -0.4 is 10.5 Å². The van der Waals surface area contributed by atoms with Crippen LogP contribution in [0.5, 0.6) is 5.75 Å². The summed E-state index contributed by atoms with van der Waals surface area (Å²) in [4.78, 5) is 0.385. The van der Waals surface area contributed by atoms with E-state index in [-0.39, 0.29) is 6.10 Å². The van der Waals surface area contributed by atoms with Crippen LogP contribution in [-0.2, 0) is 0 Å². The van der Waals surface area contributed by atoms with Crippen LogP contribution in [0.25, 0.3) is 0 Å². The molecule has 0 aliphatic rings. The first-order chi connectivity index (χ1) is 7.41. The molecule has 1 aromatic carbocycles. The summed E-state index contributed by atoms with van der Waals surface area (Å²) in [5.41, 5.74) is 6.41. The van der Waals surface area contributed by atoms with E-state index in [9.17, 15) is 0 Å². The largest absolute Gasteiger partial charge is 0.490 e. The minimum Gasteiger partial charge on any atom is -0.490 e. The van der Waals surface area contributed by atoms with Crippen LogP contribution in [0, 0.1) is 5.92 Å². The molecule has 0 aliphatic heterocycles. The van der Waals surface area contributed by atoms with Crippen LogP contribution in [0.4, 0.5) is 0 Å². The number of thiocarbonyl (C=S) groups is 1. The SMILES string of the molecule is CC(C)C(C)Oc1ccc(C(N)=S)c(Br)c1. The van der Waals surface area contributed by atoms with Crippen molar-refractivity contribution in [3.05, 3.63) is 28.2 Å². The van der Waals surface area contributed by atoms with Gasteiger partial charge < -0.3 is 10.5 Å². The van der Waals surface area contributed by atoms with Gasteiger partial charge in [-0.3, -0.25) is 0 Å². The lowest BCUT2D eigenvalue weighted by Gasteiger charge is -2.18. The van der Waals surface area contributed by atoms with Crippen LogP contribution in [0.3, 0.4) is 0 Å². The molecule has 0 radical (unpaired) electrons. The van der Waals surface area contributed by atoms with E-state index >= 15 is 0 Å². The maximum Gasteiger partial charge on any atom is 0.120 e. The Morgan fingerprint density at radius 1 is 1.38 bits per heavy atom. The first kappa shape index (κ1) is 13.5. The molecule has 1 unspecified atom stereocenters. The number of hydrogen-bond donors (Lipinski definition) is 1. The molecular weight excluding hydrogens is 286 g/mol. The molecule has 2 N–H and O–H groups in total. The van der Waals surface area contributed by atoms with Gasteiger partial charge >= 0.3 is 0 Å². The van der Waals surface area contributed by atoms with Crippen molar-refractivity contribution >= 4 is 33.1 Å². The lowest BCUT2D eigenvalue weighted by molar-refractivity contribution is 0.170. The van der Waals surface area contributed by atoms with E-state index < -0.39 is 0 Å². The van der Waals surface area contributed by atoms with Crippen molar-refractivity contribution in [1.29, 1.82) is 0 Å². The van der Waals surface area contributed by atoms with Crippen LogP contribution in [0.15, 0.2) is 22.7 Å². The number of halogens is 1. The summed E-state index contributed by atoms with van der Waals surface area (Å²) in [5.74, 6) is 1.31. The van der Waals surface area contributed by atoms with E-state index in [1.165, 1.54) is 0 Å². The Hall–Kier alpha value is -0.610.